The molecule has 0 unspecified atom stereocenters. The third kappa shape index (κ3) is 4.12. The molecule has 3 rings (SSSR count). The summed E-state index contributed by atoms with van der Waals surface area (Å²) < 4.78 is 11.3. The Morgan fingerprint density at radius 2 is 2.12 bits per heavy atom. The Kier molecular flexibility index (Phi) is 5.24. The van der Waals surface area contributed by atoms with Crippen LogP contribution in [-0.4, -0.2) is 30.3 Å². The van der Waals surface area contributed by atoms with Gasteiger partial charge in [-0.3, -0.25) is 10.1 Å². The lowest BCUT2D eigenvalue weighted by atomic mass is 10.0. The van der Waals surface area contributed by atoms with Gasteiger partial charge in [-0.25, -0.2) is 0 Å². The molecule has 0 aromatic heterocycles. The Balaban J connectivity index is 1.75. The standard InChI is InChI=1S/C20H23NO4/c1-13-8-15-10-17(24-2)11-16(19(15)25-13)12-21-18(20(22)23)9-14-6-4-3-5-7-14/h3-7,10-11,13,18,21H,8-9,12H2,1-2H3,(H,22,23)/t13-,18-/m1/s1. The van der Waals surface area contributed by atoms with Crippen molar-refractivity contribution in [3.63, 3.8) is 0 Å². The van der Waals surface area contributed by atoms with E-state index < -0.39 is 12.0 Å². The van der Waals surface area contributed by atoms with Gasteiger partial charge in [-0.15, -0.1) is 0 Å². The van der Waals surface area contributed by atoms with Crippen LogP contribution in [0.2, 0.25) is 0 Å². The van der Waals surface area contributed by atoms with Gasteiger partial charge in [-0.05, 0) is 31.0 Å². The number of hydrogen-bond acceptors (Lipinski definition) is 4. The predicted octanol–water partition coefficient (Wildman–Crippen LogP) is 2.80. The maximum absolute atomic E-state index is 11.6. The number of aliphatic carboxylic acids is 1. The highest BCUT2D eigenvalue weighted by Gasteiger charge is 2.25. The first kappa shape index (κ1) is 17.3. The van der Waals surface area contributed by atoms with E-state index >= 15 is 0 Å². The van der Waals surface area contributed by atoms with Crippen molar-refractivity contribution >= 4 is 5.97 Å². The average Bonchev–Trinajstić information content (AvgIpc) is 2.99. The van der Waals surface area contributed by atoms with Gasteiger partial charge >= 0.3 is 5.97 Å². The highest BCUT2D eigenvalue weighted by atomic mass is 16.5. The molecule has 2 aromatic rings. The van der Waals surface area contributed by atoms with Crippen molar-refractivity contribution in [2.45, 2.75) is 38.5 Å². The lowest BCUT2D eigenvalue weighted by molar-refractivity contribution is -0.139. The van der Waals surface area contributed by atoms with Crippen molar-refractivity contribution in [1.29, 1.82) is 0 Å². The lowest BCUT2D eigenvalue weighted by Crippen LogP contribution is -2.38. The molecule has 0 fully saturated rings. The molecular weight excluding hydrogens is 318 g/mol. The number of rotatable bonds is 7. The fourth-order valence-electron chi connectivity index (χ4n) is 3.16. The van der Waals surface area contributed by atoms with E-state index in [2.05, 4.69) is 5.32 Å². The zero-order valence-corrected chi connectivity index (χ0v) is 14.5. The molecule has 0 bridgehead atoms. The highest BCUT2D eigenvalue weighted by molar-refractivity contribution is 5.74. The van der Waals surface area contributed by atoms with Gasteiger partial charge in [0.15, 0.2) is 0 Å². The number of hydrogen-bond donors (Lipinski definition) is 2. The van der Waals surface area contributed by atoms with Crippen LogP contribution < -0.4 is 14.8 Å². The Hall–Kier alpha value is -2.53. The molecule has 5 heteroatoms. The second kappa shape index (κ2) is 7.57. The van der Waals surface area contributed by atoms with Crippen LogP contribution in [0.1, 0.15) is 23.6 Å². The van der Waals surface area contributed by atoms with E-state index in [-0.39, 0.29) is 6.10 Å². The van der Waals surface area contributed by atoms with E-state index in [0.717, 1.165) is 34.6 Å². The maximum Gasteiger partial charge on any atom is 0.321 e. The minimum atomic E-state index is -0.863. The molecule has 0 amide bonds. The van der Waals surface area contributed by atoms with Crippen LogP contribution in [-0.2, 0) is 24.2 Å². The monoisotopic (exact) mass is 341 g/mol. The Bertz CT molecular complexity index is 745. The van der Waals surface area contributed by atoms with Gasteiger partial charge in [0.25, 0.3) is 0 Å². The smallest absolute Gasteiger partial charge is 0.321 e. The molecule has 0 saturated carbocycles. The van der Waals surface area contributed by atoms with Crippen molar-refractivity contribution in [2.24, 2.45) is 0 Å². The van der Waals surface area contributed by atoms with E-state index in [1.54, 1.807) is 7.11 Å². The quantitative estimate of drug-likeness (QED) is 0.810. The van der Waals surface area contributed by atoms with Crippen LogP contribution in [0.5, 0.6) is 11.5 Å². The van der Waals surface area contributed by atoms with Crippen LogP contribution in [0, 0.1) is 0 Å². The fraction of sp³-hybridized carbons (Fsp3) is 0.350. The van der Waals surface area contributed by atoms with E-state index in [9.17, 15) is 9.90 Å². The number of fused-ring (bicyclic) bond motifs is 1. The molecule has 2 aromatic carbocycles. The van der Waals surface area contributed by atoms with Gasteiger partial charge in [-0.2, -0.15) is 0 Å². The summed E-state index contributed by atoms with van der Waals surface area (Å²) in [6.07, 6.45) is 1.39. The molecule has 0 radical (unpaired) electrons. The fourth-order valence-corrected chi connectivity index (χ4v) is 3.16. The first-order chi connectivity index (χ1) is 12.1. The molecule has 25 heavy (non-hydrogen) atoms. The van der Waals surface area contributed by atoms with Crippen molar-refractivity contribution in [1.82, 2.24) is 5.32 Å². The molecule has 2 N–H and O–H groups in total. The normalized spacial score (nSPS) is 16.8. The van der Waals surface area contributed by atoms with Crippen LogP contribution in [0.15, 0.2) is 42.5 Å². The minimum Gasteiger partial charge on any atom is -0.497 e. The number of carboxylic acids is 1. The topological polar surface area (TPSA) is 67.8 Å². The summed E-state index contributed by atoms with van der Waals surface area (Å²) in [6.45, 7) is 2.44. The molecule has 1 aliphatic rings. The largest absolute Gasteiger partial charge is 0.497 e. The Morgan fingerprint density at radius 3 is 2.80 bits per heavy atom. The number of benzene rings is 2. The van der Waals surface area contributed by atoms with Crippen molar-refractivity contribution in [3.8, 4) is 11.5 Å². The molecule has 0 saturated heterocycles. The highest BCUT2D eigenvalue weighted by Crippen LogP contribution is 2.36. The lowest BCUT2D eigenvalue weighted by Gasteiger charge is -2.17. The van der Waals surface area contributed by atoms with Crippen molar-refractivity contribution in [2.75, 3.05) is 7.11 Å². The summed E-state index contributed by atoms with van der Waals surface area (Å²) in [6, 6.07) is 12.9. The van der Waals surface area contributed by atoms with Crippen molar-refractivity contribution in [3.05, 3.63) is 59.2 Å². The van der Waals surface area contributed by atoms with Gasteiger partial charge in [0.2, 0.25) is 0 Å². The van der Waals surface area contributed by atoms with Crippen LogP contribution in [0.4, 0.5) is 0 Å². The van der Waals surface area contributed by atoms with E-state index in [1.807, 2.05) is 49.4 Å². The number of carboxylic acid groups (broad SMARTS) is 1. The number of carbonyl (C=O) groups is 1. The van der Waals surface area contributed by atoms with Gasteiger partial charge in [0.05, 0.1) is 7.11 Å². The zero-order valence-electron chi connectivity index (χ0n) is 14.5. The summed E-state index contributed by atoms with van der Waals surface area (Å²) >= 11 is 0. The molecule has 2 atom stereocenters. The molecule has 0 aliphatic carbocycles. The molecule has 1 heterocycles. The van der Waals surface area contributed by atoms with Gasteiger partial charge < -0.3 is 14.6 Å². The summed E-state index contributed by atoms with van der Waals surface area (Å²) in [5.74, 6) is 0.755. The summed E-state index contributed by atoms with van der Waals surface area (Å²) in [5, 5.41) is 12.7. The van der Waals surface area contributed by atoms with Crippen LogP contribution in [0.25, 0.3) is 0 Å². The number of nitrogens with one attached hydrogen (secondary N) is 1. The third-order valence-corrected chi connectivity index (χ3v) is 4.40. The zero-order chi connectivity index (χ0) is 17.8. The molecule has 132 valence electrons. The molecule has 1 aliphatic heterocycles. The predicted molar refractivity (Wildman–Crippen MR) is 95.2 cm³/mol. The molecule has 0 spiro atoms. The SMILES string of the molecule is COc1cc(CN[C@H](Cc2ccccc2)C(=O)O)c2c(c1)C[C@@H](C)O2. The van der Waals surface area contributed by atoms with Gasteiger partial charge in [0, 0.05) is 24.1 Å². The Morgan fingerprint density at radius 1 is 1.36 bits per heavy atom. The van der Waals surface area contributed by atoms with E-state index in [1.165, 1.54) is 0 Å². The first-order valence-corrected chi connectivity index (χ1v) is 8.43. The minimum absolute atomic E-state index is 0.125. The van der Waals surface area contributed by atoms with Crippen LogP contribution >= 0.6 is 0 Å². The third-order valence-electron chi connectivity index (χ3n) is 4.40. The van der Waals surface area contributed by atoms with E-state index in [4.69, 9.17) is 9.47 Å². The number of methoxy groups -OCH3 is 1. The first-order valence-electron chi connectivity index (χ1n) is 8.43. The summed E-state index contributed by atoms with van der Waals surface area (Å²) in [4.78, 5) is 11.6. The molecular formula is C20H23NO4. The summed E-state index contributed by atoms with van der Waals surface area (Å²) in [7, 11) is 1.63. The number of ether oxygens (including phenoxy) is 2. The molecule has 5 nitrogen and oxygen atoms in total. The van der Waals surface area contributed by atoms with Crippen LogP contribution in [0.3, 0.4) is 0 Å². The second-order valence-corrected chi connectivity index (χ2v) is 6.37. The maximum atomic E-state index is 11.6. The van der Waals surface area contributed by atoms with Gasteiger partial charge in [0.1, 0.15) is 23.6 Å². The van der Waals surface area contributed by atoms with Gasteiger partial charge in [-0.1, -0.05) is 30.3 Å². The van der Waals surface area contributed by atoms with Crippen molar-refractivity contribution < 1.29 is 19.4 Å². The summed E-state index contributed by atoms with van der Waals surface area (Å²) in [5.41, 5.74) is 3.03. The second-order valence-electron chi connectivity index (χ2n) is 6.37. The average molecular weight is 341 g/mol. The Labute approximate surface area is 147 Å². The van der Waals surface area contributed by atoms with E-state index in [0.29, 0.717) is 13.0 Å².